The third-order valence-corrected chi connectivity index (χ3v) is 3.90. The smallest absolute Gasteiger partial charge is 0.119 e. The molecular formula is C17H27NO2. The lowest BCUT2D eigenvalue weighted by Gasteiger charge is -2.31. The Morgan fingerprint density at radius 3 is 2.70 bits per heavy atom. The van der Waals surface area contributed by atoms with E-state index >= 15 is 0 Å². The molecule has 1 fully saturated rings. The van der Waals surface area contributed by atoms with Crippen molar-refractivity contribution in [2.45, 2.75) is 64.1 Å². The lowest BCUT2D eigenvalue weighted by Crippen LogP contribution is -2.37. The Bertz CT molecular complexity index is 411. The molecule has 112 valence electrons. The highest BCUT2D eigenvalue weighted by atomic mass is 16.5. The van der Waals surface area contributed by atoms with Crippen molar-refractivity contribution in [1.82, 2.24) is 5.32 Å². The molecule has 0 aliphatic heterocycles. The Balaban J connectivity index is 1.87. The van der Waals surface area contributed by atoms with E-state index in [1.165, 1.54) is 12.0 Å². The summed E-state index contributed by atoms with van der Waals surface area (Å²) in [6.45, 7) is 5.53. The van der Waals surface area contributed by atoms with Gasteiger partial charge in [-0.05, 0) is 30.5 Å². The van der Waals surface area contributed by atoms with Crippen molar-refractivity contribution in [3.63, 3.8) is 0 Å². The number of ether oxygens (including phenoxy) is 1. The Kier molecular flexibility index (Phi) is 5.44. The van der Waals surface area contributed by atoms with Crippen molar-refractivity contribution >= 4 is 0 Å². The molecule has 1 saturated carbocycles. The Morgan fingerprint density at radius 2 is 2.00 bits per heavy atom. The van der Waals surface area contributed by atoms with Crippen LogP contribution in [0.5, 0.6) is 5.75 Å². The molecule has 0 unspecified atom stereocenters. The average Bonchev–Trinajstić information content (AvgIpc) is 2.44. The van der Waals surface area contributed by atoms with Gasteiger partial charge in [-0.1, -0.05) is 45.2 Å². The molecule has 0 spiro atoms. The van der Waals surface area contributed by atoms with Crippen molar-refractivity contribution in [1.29, 1.82) is 0 Å². The maximum Gasteiger partial charge on any atom is 0.119 e. The highest BCUT2D eigenvalue weighted by Gasteiger charge is 2.29. The normalized spacial score (nSPS) is 18.2. The molecule has 2 N–H and O–H groups in total. The number of benzene rings is 1. The minimum atomic E-state index is -0.621. The molecule has 20 heavy (non-hydrogen) atoms. The van der Waals surface area contributed by atoms with Crippen LogP contribution < -0.4 is 10.1 Å². The number of hydrogen-bond donors (Lipinski definition) is 2. The van der Waals surface area contributed by atoms with Crippen molar-refractivity contribution in [3.8, 4) is 5.75 Å². The highest BCUT2D eigenvalue weighted by molar-refractivity contribution is 5.28. The van der Waals surface area contributed by atoms with Gasteiger partial charge in [-0.15, -0.1) is 0 Å². The van der Waals surface area contributed by atoms with Gasteiger partial charge in [0, 0.05) is 12.6 Å². The first-order chi connectivity index (χ1) is 9.57. The Labute approximate surface area is 122 Å². The van der Waals surface area contributed by atoms with Crippen molar-refractivity contribution in [2.24, 2.45) is 0 Å². The molecule has 0 atom stereocenters. The Morgan fingerprint density at radius 1 is 1.25 bits per heavy atom. The minimum absolute atomic E-state index is 0.411. The molecule has 1 aliphatic rings. The van der Waals surface area contributed by atoms with Crippen LogP contribution in [0.25, 0.3) is 0 Å². The van der Waals surface area contributed by atoms with Crippen molar-refractivity contribution in [2.75, 3.05) is 6.61 Å². The number of rotatable bonds is 6. The van der Waals surface area contributed by atoms with Gasteiger partial charge in [0.1, 0.15) is 12.4 Å². The molecule has 3 nitrogen and oxygen atoms in total. The average molecular weight is 277 g/mol. The maximum absolute atomic E-state index is 10.4. The standard InChI is InChI=1S/C17H27NO2/c1-14(2)18-12-15-7-6-8-16(11-15)20-13-17(19)9-4-3-5-10-17/h6-8,11,14,18-19H,3-5,9-10,12-13H2,1-2H3. The minimum Gasteiger partial charge on any atom is -0.491 e. The van der Waals surface area contributed by atoms with E-state index in [0.29, 0.717) is 12.6 Å². The van der Waals surface area contributed by atoms with E-state index in [1.807, 2.05) is 12.1 Å². The molecule has 0 aromatic heterocycles. The lowest BCUT2D eigenvalue weighted by molar-refractivity contribution is -0.0339. The molecule has 3 heteroatoms. The zero-order valence-corrected chi connectivity index (χ0v) is 12.7. The summed E-state index contributed by atoms with van der Waals surface area (Å²) in [4.78, 5) is 0. The van der Waals surface area contributed by atoms with E-state index in [0.717, 1.165) is 38.0 Å². The van der Waals surface area contributed by atoms with Crippen LogP contribution in [-0.2, 0) is 6.54 Å². The number of nitrogens with one attached hydrogen (secondary N) is 1. The van der Waals surface area contributed by atoms with Gasteiger partial charge >= 0.3 is 0 Å². The van der Waals surface area contributed by atoms with Crippen LogP contribution >= 0.6 is 0 Å². The van der Waals surface area contributed by atoms with Crippen LogP contribution in [0.15, 0.2) is 24.3 Å². The van der Waals surface area contributed by atoms with E-state index in [2.05, 4.69) is 31.3 Å². The third-order valence-electron chi connectivity index (χ3n) is 3.90. The van der Waals surface area contributed by atoms with Gasteiger partial charge < -0.3 is 15.2 Å². The topological polar surface area (TPSA) is 41.5 Å². The fraction of sp³-hybridized carbons (Fsp3) is 0.647. The van der Waals surface area contributed by atoms with Gasteiger partial charge in [-0.3, -0.25) is 0 Å². The summed E-state index contributed by atoms with van der Waals surface area (Å²) in [5.74, 6) is 0.854. The molecule has 0 bridgehead atoms. The van der Waals surface area contributed by atoms with E-state index in [1.54, 1.807) is 0 Å². The largest absolute Gasteiger partial charge is 0.491 e. The van der Waals surface area contributed by atoms with Crippen molar-refractivity contribution in [3.05, 3.63) is 29.8 Å². The zero-order chi connectivity index (χ0) is 14.4. The van der Waals surface area contributed by atoms with Crippen LogP contribution in [0.2, 0.25) is 0 Å². The monoisotopic (exact) mass is 277 g/mol. The van der Waals surface area contributed by atoms with E-state index in [9.17, 15) is 5.11 Å². The molecule has 0 amide bonds. The molecule has 2 rings (SSSR count). The second-order valence-corrected chi connectivity index (χ2v) is 6.26. The Hall–Kier alpha value is -1.06. The number of aliphatic hydroxyl groups is 1. The van der Waals surface area contributed by atoms with Crippen LogP contribution in [0.4, 0.5) is 0 Å². The number of hydrogen-bond acceptors (Lipinski definition) is 3. The van der Waals surface area contributed by atoms with E-state index < -0.39 is 5.60 Å². The first-order valence-corrected chi connectivity index (χ1v) is 7.75. The fourth-order valence-corrected chi connectivity index (χ4v) is 2.64. The summed E-state index contributed by atoms with van der Waals surface area (Å²) in [5, 5.41) is 13.8. The summed E-state index contributed by atoms with van der Waals surface area (Å²) >= 11 is 0. The van der Waals surface area contributed by atoms with Gasteiger partial charge in [0.15, 0.2) is 0 Å². The molecule has 1 aromatic rings. The van der Waals surface area contributed by atoms with Crippen LogP contribution in [0.3, 0.4) is 0 Å². The highest BCUT2D eigenvalue weighted by Crippen LogP contribution is 2.28. The third kappa shape index (κ3) is 4.80. The molecule has 1 aromatic carbocycles. The lowest BCUT2D eigenvalue weighted by atomic mass is 9.85. The van der Waals surface area contributed by atoms with Gasteiger partial charge in [-0.2, -0.15) is 0 Å². The predicted octanol–water partition coefficient (Wildman–Crippen LogP) is 3.26. The van der Waals surface area contributed by atoms with Gasteiger partial charge in [0.2, 0.25) is 0 Å². The molecule has 1 aliphatic carbocycles. The maximum atomic E-state index is 10.4. The van der Waals surface area contributed by atoms with Gasteiger partial charge in [0.05, 0.1) is 5.60 Å². The van der Waals surface area contributed by atoms with Gasteiger partial charge in [0.25, 0.3) is 0 Å². The van der Waals surface area contributed by atoms with Crippen LogP contribution in [-0.4, -0.2) is 23.4 Å². The van der Waals surface area contributed by atoms with Crippen LogP contribution in [0.1, 0.15) is 51.5 Å². The summed E-state index contributed by atoms with van der Waals surface area (Å²) in [6.07, 6.45) is 5.18. The van der Waals surface area contributed by atoms with E-state index in [-0.39, 0.29) is 0 Å². The summed E-state index contributed by atoms with van der Waals surface area (Å²) in [6, 6.07) is 8.60. The first kappa shape index (κ1) is 15.3. The zero-order valence-electron chi connectivity index (χ0n) is 12.7. The fourth-order valence-electron chi connectivity index (χ4n) is 2.64. The summed E-state index contributed by atoms with van der Waals surface area (Å²) < 4.78 is 5.82. The van der Waals surface area contributed by atoms with Crippen LogP contribution in [0, 0.1) is 0 Å². The predicted molar refractivity (Wildman–Crippen MR) is 81.9 cm³/mol. The summed E-state index contributed by atoms with van der Waals surface area (Å²) in [7, 11) is 0. The van der Waals surface area contributed by atoms with E-state index in [4.69, 9.17) is 4.74 Å². The second kappa shape index (κ2) is 7.09. The quantitative estimate of drug-likeness (QED) is 0.838. The molecule has 0 radical (unpaired) electrons. The SMILES string of the molecule is CC(C)NCc1cccc(OCC2(O)CCCCC2)c1. The van der Waals surface area contributed by atoms with Crippen molar-refractivity contribution < 1.29 is 9.84 Å². The molecule has 0 saturated heterocycles. The molecular weight excluding hydrogens is 250 g/mol. The first-order valence-electron chi connectivity index (χ1n) is 7.75. The molecule has 0 heterocycles. The van der Waals surface area contributed by atoms with Gasteiger partial charge in [-0.25, -0.2) is 0 Å². The second-order valence-electron chi connectivity index (χ2n) is 6.26. The summed E-state index contributed by atoms with van der Waals surface area (Å²) in [5.41, 5.74) is 0.594.